The summed E-state index contributed by atoms with van der Waals surface area (Å²) in [5.41, 5.74) is 0.653. The minimum atomic E-state index is -0.779. The van der Waals surface area contributed by atoms with Crippen LogP contribution in [0.15, 0.2) is 48.5 Å². The van der Waals surface area contributed by atoms with Crippen LogP contribution in [0.1, 0.15) is 35.3 Å². The van der Waals surface area contributed by atoms with Crippen LogP contribution in [-0.2, 0) is 10.3 Å². The van der Waals surface area contributed by atoms with E-state index >= 15 is 0 Å². The minimum Gasteiger partial charge on any atom is -0.346 e. The van der Waals surface area contributed by atoms with E-state index in [1.165, 1.54) is 36.4 Å². The second-order valence-electron chi connectivity index (χ2n) is 6.06. The second-order valence-corrected chi connectivity index (χ2v) is 6.06. The molecule has 0 aliphatic carbocycles. The lowest BCUT2D eigenvalue weighted by molar-refractivity contribution is -0.121. The summed E-state index contributed by atoms with van der Waals surface area (Å²) in [5, 5.41) is 14.0. The Morgan fingerprint density at radius 3 is 2.44 bits per heavy atom. The van der Waals surface area contributed by atoms with Crippen molar-refractivity contribution in [2.24, 2.45) is 0 Å². The normalized spacial score (nSPS) is 10.6. The largest absolute Gasteiger partial charge is 0.346 e. The molecule has 2 aromatic carbocycles. The number of nitriles is 1. The Hall–Kier alpha value is -3.20. The number of nitrogens with zero attached hydrogens (tertiary/aromatic N) is 1. The van der Waals surface area contributed by atoms with Gasteiger partial charge in [0.25, 0.3) is 5.91 Å². The highest BCUT2D eigenvalue weighted by Crippen LogP contribution is 2.20. The summed E-state index contributed by atoms with van der Waals surface area (Å²) in [7, 11) is 0. The zero-order valence-electron chi connectivity index (χ0n) is 14.0. The van der Waals surface area contributed by atoms with Gasteiger partial charge < -0.3 is 10.6 Å². The van der Waals surface area contributed by atoms with Gasteiger partial charge in [0.15, 0.2) is 0 Å². The maximum absolute atomic E-state index is 13.3. The number of hydrogen-bond donors (Lipinski definition) is 2. The Balaban J connectivity index is 1.93. The summed E-state index contributed by atoms with van der Waals surface area (Å²) in [4.78, 5) is 24.1. The molecule has 0 saturated carbocycles. The summed E-state index contributed by atoms with van der Waals surface area (Å²) in [6.45, 7) is 3.29. The summed E-state index contributed by atoms with van der Waals surface area (Å²) in [6, 6.07) is 14.0. The Labute approximate surface area is 145 Å². The predicted octanol–water partition coefficient (Wildman–Crippen LogP) is 2.48. The smallest absolute Gasteiger partial charge is 0.251 e. The molecule has 0 saturated heterocycles. The number of nitrogens with one attached hydrogen (secondary N) is 2. The summed E-state index contributed by atoms with van der Waals surface area (Å²) < 4.78 is 13.3. The fourth-order valence-electron chi connectivity index (χ4n) is 2.30. The molecule has 25 heavy (non-hydrogen) atoms. The van der Waals surface area contributed by atoms with Gasteiger partial charge in [-0.05, 0) is 55.8 Å². The first-order chi connectivity index (χ1) is 11.8. The molecule has 0 radical (unpaired) electrons. The Morgan fingerprint density at radius 1 is 1.16 bits per heavy atom. The molecule has 0 aliphatic heterocycles. The zero-order chi connectivity index (χ0) is 18.4. The maximum Gasteiger partial charge on any atom is 0.251 e. The third-order valence-electron chi connectivity index (χ3n) is 3.68. The SMILES string of the molecule is CC(C)(NC(=O)CNC(=O)c1ccc(C#N)cc1)c1cccc(F)c1. The van der Waals surface area contributed by atoms with Gasteiger partial charge in [0.05, 0.1) is 23.7 Å². The van der Waals surface area contributed by atoms with E-state index in [1.807, 2.05) is 6.07 Å². The highest BCUT2D eigenvalue weighted by atomic mass is 19.1. The molecule has 0 unspecified atom stereocenters. The van der Waals surface area contributed by atoms with E-state index in [2.05, 4.69) is 10.6 Å². The first kappa shape index (κ1) is 18.1. The minimum absolute atomic E-state index is 0.211. The van der Waals surface area contributed by atoms with Crippen molar-refractivity contribution >= 4 is 11.8 Å². The lowest BCUT2D eigenvalue weighted by atomic mass is 9.94. The second kappa shape index (κ2) is 7.58. The van der Waals surface area contributed by atoms with Crippen LogP contribution in [0.4, 0.5) is 4.39 Å². The molecule has 0 fully saturated rings. The Bertz CT molecular complexity index is 823. The van der Waals surface area contributed by atoms with Crippen LogP contribution < -0.4 is 10.6 Å². The highest BCUT2D eigenvalue weighted by molar-refractivity contribution is 5.96. The van der Waals surface area contributed by atoms with E-state index in [-0.39, 0.29) is 12.4 Å². The molecule has 0 aliphatic rings. The van der Waals surface area contributed by atoms with Gasteiger partial charge >= 0.3 is 0 Å². The number of benzene rings is 2. The van der Waals surface area contributed by atoms with Gasteiger partial charge in [-0.15, -0.1) is 0 Å². The lowest BCUT2D eigenvalue weighted by Gasteiger charge is -2.27. The van der Waals surface area contributed by atoms with E-state index in [9.17, 15) is 14.0 Å². The molecule has 0 aromatic heterocycles. The van der Waals surface area contributed by atoms with Crippen LogP contribution in [-0.4, -0.2) is 18.4 Å². The van der Waals surface area contributed by atoms with E-state index in [4.69, 9.17) is 5.26 Å². The molecule has 0 heterocycles. The van der Waals surface area contributed by atoms with Gasteiger partial charge in [-0.25, -0.2) is 4.39 Å². The van der Waals surface area contributed by atoms with Crippen LogP contribution in [0.5, 0.6) is 0 Å². The standard InChI is InChI=1S/C19H18FN3O2/c1-19(2,15-4-3-5-16(20)10-15)23-17(24)12-22-18(25)14-8-6-13(11-21)7-9-14/h3-10H,12H2,1-2H3,(H,22,25)(H,23,24). The van der Waals surface area contributed by atoms with Crippen LogP contribution in [0, 0.1) is 17.1 Å². The number of carbonyl (C=O) groups excluding carboxylic acids is 2. The third-order valence-corrected chi connectivity index (χ3v) is 3.68. The molecule has 2 rings (SSSR count). The monoisotopic (exact) mass is 339 g/mol. The van der Waals surface area contributed by atoms with Crippen LogP contribution in [0.2, 0.25) is 0 Å². The number of hydrogen-bond acceptors (Lipinski definition) is 3. The van der Waals surface area contributed by atoms with Gasteiger partial charge in [-0.1, -0.05) is 12.1 Å². The molecule has 128 valence electrons. The third kappa shape index (κ3) is 4.88. The van der Waals surface area contributed by atoms with Crippen LogP contribution in [0.25, 0.3) is 0 Å². The number of amides is 2. The predicted molar refractivity (Wildman–Crippen MR) is 91.1 cm³/mol. The fourth-order valence-corrected chi connectivity index (χ4v) is 2.30. The molecule has 0 atom stereocenters. The Kier molecular flexibility index (Phi) is 5.50. The number of carbonyl (C=O) groups is 2. The van der Waals surface area contributed by atoms with Crippen molar-refractivity contribution in [2.75, 3.05) is 6.54 Å². The average Bonchev–Trinajstić information content (AvgIpc) is 2.59. The number of rotatable bonds is 5. The topological polar surface area (TPSA) is 82.0 Å². The van der Waals surface area contributed by atoms with Crippen molar-refractivity contribution in [3.63, 3.8) is 0 Å². The molecule has 2 N–H and O–H groups in total. The Morgan fingerprint density at radius 2 is 1.84 bits per heavy atom. The maximum atomic E-state index is 13.3. The van der Waals surface area contributed by atoms with Crippen molar-refractivity contribution in [3.8, 4) is 6.07 Å². The van der Waals surface area contributed by atoms with E-state index in [0.29, 0.717) is 16.7 Å². The van der Waals surface area contributed by atoms with Crippen molar-refractivity contribution in [2.45, 2.75) is 19.4 Å². The van der Waals surface area contributed by atoms with Crippen LogP contribution in [0.3, 0.4) is 0 Å². The summed E-state index contributed by atoms with van der Waals surface area (Å²) in [5.74, 6) is -1.19. The van der Waals surface area contributed by atoms with Crippen molar-refractivity contribution in [3.05, 3.63) is 71.0 Å². The number of halogens is 1. The van der Waals surface area contributed by atoms with Gasteiger partial charge in [0.1, 0.15) is 5.82 Å². The molecule has 2 amide bonds. The first-order valence-electron chi connectivity index (χ1n) is 7.67. The van der Waals surface area contributed by atoms with Gasteiger partial charge in [-0.3, -0.25) is 9.59 Å². The average molecular weight is 339 g/mol. The molecule has 6 heteroatoms. The molecule has 0 spiro atoms. The highest BCUT2D eigenvalue weighted by Gasteiger charge is 2.23. The van der Waals surface area contributed by atoms with Crippen molar-refractivity contribution in [1.82, 2.24) is 10.6 Å². The molecular weight excluding hydrogens is 321 g/mol. The van der Waals surface area contributed by atoms with Crippen molar-refractivity contribution in [1.29, 1.82) is 5.26 Å². The van der Waals surface area contributed by atoms with Gasteiger partial charge in [0.2, 0.25) is 5.91 Å². The lowest BCUT2D eigenvalue weighted by Crippen LogP contribution is -2.46. The quantitative estimate of drug-likeness (QED) is 0.878. The van der Waals surface area contributed by atoms with E-state index in [0.717, 1.165) is 0 Å². The van der Waals surface area contributed by atoms with Gasteiger partial charge in [0, 0.05) is 5.56 Å². The zero-order valence-corrected chi connectivity index (χ0v) is 14.0. The molecule has 2 aromatic rings. The molecule has 0 bridgehead atoms. The first-order valence-corrected chi connectivity index (χ1v) is 7.67. The van der Waals surface area contributed by atoms with E-state index < -0.39 is 17.4 Å². The van der Waals surface area contributed by atoms with Gasteiger partial charge in [-0.2, -0.15) is 5.26 Å². The molecular formula is C19H18FN3O2. The fraction of sp³-hybridized carbons (Fsp3) is 0.211. The van der Waals surface area contributed by atoms with Crippen molar-refractivity contribution < 1.29 is 14.0 Å². The summed E-state index contributed by atoms with van der Waals surface area (Å²) in [6.07, 6.45) is 0. The molecule has 5 nitrogen and oxygen atoms in total. The van der Waals surface area contributed by atoms with E-state index in [1.54, 1.807) is 26.0 Å². The van der Waals surface area contributed by atoms with Crippen LogP contribution >= 0.6 is 0 Å². The summed E-state index contributed by atoms with van der Waals surface area (Å²) >= 11 is 0.